The molecule has 0 saturated carbocycles. The van der Waals surface area contributed by atoms with E-state index in [1.165, 1.54) is 241 Å². The summed E-state index contributed by atoms with van der Waals surface area (Å²) >= 11 is 0. The van der Waals surface area contributed by atoms with Crippen molar-refractivity contribution < 1.29 is 0 Å². The molecule has 0 N–H and O–H groups in total. The zero-order valence-electron chi connectivity index (χ0n) is 69.0. The molecule has 0 aliphatic carbocycles. The lowest BCUT2D eigenvalue weighted by Gasteiger charge is -2.08. The van der Waals surface area contributed by atoms with Crippen LogP contribution in [0.5, 0.6) is 0 Å². The highest BCUT2D eigenvalue weighted by Gasteiger charge is 2.11. The molecule has 5 heterocycles. The Labute approximate surface area is 612 Å². The molecule has 0 atom stereocenters. The smallest absolute Gasteiger partial charge is 0.0827 e. The van der Waals surface area contributed by atoms with E-state index in [1.54, 1.807) is 0 Å². The molecule has 0 spiro atoms. The van der Waals surface area contributed by atoms with Crippen LogP contribution in [0.3, 0.4) is 0 Å². The molecule has 0 saturated heterocycles. The van der Waals surface area contributed by atoms with Crippen LogP contribution in [0.15, 0.2) is 31.0 Å². The lowest BCUT2D eigenvalue weighted by molar-refractivity contribution is 0.462. The molecule has 5 aromatic heterocycles. The topological polar surface area (TPSA) is 154 Å². The Morgan fingerprint density at radius 2 is 0.465 bits per heavy atom. The first-order chi connectivity index (χ1) is 47.4. The molecule has 0 unspecified atom stereocenters. The normalized spacial score (nSPS) is 11.7. The van der Waals surface area contributed by atoms with E-state index in [1.807, 2.05) is 29.5 Å². The summed E-state index contributed by atoms with van der Waals surface area (Å²) in [5.74, 6) is 8.02. The van der Waals surface area contributed by atoms with E-state index in [2.05, 4.69) is 215 Å². The van der Waals surface area contributed by atoms with Crippen molar-refractivity contribution in [2.75, 3.05) is 0 Å². The van der Waals surface area contributed by atoms with Gasteiger partial charge in [0.1, 0.15) is 0 Å². The predicted molar refractivity (Wildman–Crippen MR) is 424 cm³/mol. The van der Waals surface area contributed by atoms with Crippen molar-refractivity contribution in [2.45, 2.75) is 422 Å². The molecule has 99 heavy (non-hydrogen) atoms. The minimum Gasteiger partial charge on any atom is -0.252 e. The quantitative estimate of drug-likeness (QED) is 0.0344. The van der Waals surface area contributed by atoms with Gasteiger partial charge in [-0.15, -0.1) is 25.5 Å². The highest BCUT2D eigenvalue weighted by Crippen LogP contribution is 2.19. The molecular formula is C84H163N15. The van der Waals surface area contributed by atoms with Crippen LogP contribution < -0.4 is 0 Å². The second kappa shape index (κ2) is 61.2. The van der Waals surface area contributed by atoms with E-state index < -0.39 is 0 Å². The fraction of sp³-hybridized carbons (Fsp3) is 0.881. The van der Waals surface area contributed by atoms with Crippen LogP contribution >= 0.6 is 0 Å². The molecule has 0 bridgehead atoms. The average molecular weight is 1380 g/mol. The van der Waals surface area contributed by atoms with E-state index in [0.717, 1.165) is 130 Å². The summed E-state index contributed by atoms with van der Waals surface area (Å²) in [5.41, 5.74) is 6.41. The van der Waals surface area contributed by atoms with Gasteiger partial charge in [-0.05, 0) is 168 Å². The summed E-state index contributed by atoms with van der Waals surface area (Å²) in [5, 5.41) is 41.6. The van der Waals surface area contributed by atoms with Crippen LogP contribution in [-0.4, -0.2) is 75.0 Å². The first-order valence-electron chi connectivity index (χ1n) is 41.8. The van der Waals surface area contributed by atoms with Gasteiger partial charge in [0.25, 0.3) is 0 Å². The predicted octanol–water partition coefficient (Wildman–Crippen LogP) is 23.9. The van der Waals surface area contributed by atoms with Gasteiger partial charge >= 0.3 is 0 Å². The van der Waals surface area contributed by atoms with Crippen molar-refractivity contribution in [3.05, 3.63) is 59.5 Å². The van der Waals surface area contributed by atoms with Gasteiger partial charge in [-0.2, -0.15) is 0 Å². The fourth-order valence-electron chi connectivity index (χ4n) is 12.1. The average Bonchev–Trinajstić information content (AvgIpc) is 1.92. The number of aromatic nitrogens is 15. The molecule has 5 rings (SSSR count). The van der Waals surface area contributed by atoms with Crippen LogP contribution in [0.2, 0.25) is 0 Å². The van der Waals surface area contributed by atoms with Gasteiger partial charge in [0.2, 0.25) is 0 Å². The molecule has 0 amide bonds. The second-order valence-corrected chi connectivity index (χ2v) is 33.8. The molecule has 15 nitrogen and oxygen atoms in total. The van der Waals surface area contributed by atoms with Crippen molar-refractivity contribution in [3.8, 4) is 0 Å². The van der Waals surface area contributed by atoms with Crippen molar-refractivity contribution in [2.24, 2.45) is 59.2 Å². The number of aryl methyl sites for hydroxylation is 10. The molecule has 5 aromatic rings. The van der Waals surface area contributed by atoms with Crippen molar-refractivity contribution in [1.29, 1.82) is 0 Å². The van der Waals surface area contributed by atoms with E-state index in [9.17, 15) is 0 Å². The molecule has 0 fully saturated rings. The first-order valence-corrected chi connectivity index (χ1v) is 41.8. The Balaban J connectivity index is 0.000000619. The summed E-state index contributed by atoms with van der Waals surface area (Å²) in [7, 11) is 0. The van der Waals surface area contributed by atoms with Crippen LogP contribution in [0.1, 0.15) is 385 Å². The Morgan fingerprint density at radius 3 is 0.747 bits per heavy atom. The number of unbranched alkanes of at least 4 members (excludes halogenated alkanes) is 17. The van der Waals surface area contributed by atoms with Gasteiger partial charge in [-0.1, -0.05) is 306 Å². The third-order valence-corrected chi connectivity index (χ3v) is 18.8. The number of hydrogen-bond acceptors (Lipinski definition) is 10. The number of rotatable bonds is 54. The zero-order chi connectivity index (χ0) is 73.3. The summed E-state index contributed by atoms with van der Waals surface area (Å²) in [6.07, 6.45) is 60.4. The standard InChI is InChI=1S/4C17H33N3.C16H31N3/c2*1-15(2)10-7-5-6-8-12-17-14-18-19-20(17)13-9-11-16(3)4;2*1-15(2)10-8-6-5-7-9-11-17-14-18-19-20(17)13-12-16(3)4;1-14(2)9-7-5-6-8-12-19-13-16(17-18-19)11-10-15(3)4/h4*14-16H,5-13H2,1-4H3;13-15H,5-12H2,1-4H3. The molecule has 0 radical (unpaired) electrons. The summed E-state index contributed by atoms with van der Waals surface area (Å²) < 4.78 is 10.4. The highest BCUT2D eigenvalue weighted by molar-refractivity contribution is 4.97. The number of hydrogen-bond donors (Lipinski definition) is 0. The van der Waals surface area contributed by atoms with E-state index in [0.29, 0.717) is 0 Å². The van der Waals surface area contributed by atoms with Crippen molar-refractivity contribution in [1.82, 2.24) is 75.0 Å². The van der Waals surface area contributed by atoms with Gasteiger partial charge in [0.15, 0.2) is 0 Å². The maximum Gasteiger partial charge on any atom is 0.0827 e. The Hall–Kier alpha value is -4.30. The van der Waals surface area contributed by atoms with E-state index in [4.69, 9.17) is 0 Å². The summed E-state index contributed by atoms with van der Waals surface area (Å²) in [4.78, 5) is 0. The molecular weight excluding hydrogens is 1220 g/mol. The largest absolute Gasteiger partial charge is 0.252 e. The van der Waals surface area contributed by atoms with Crippen LogP contribution in [0.25, 0.3) is 0 Å². The maximum atomic E-state index is 4.24. The molecule has 574 valence electrons. The van der Waals surface area contributed by atoms with Gasteiger partial charge < -0.3 is 0 Å². The Bertz CT molecular complexity index is 2350. The highest BCUT2D eigenvalue weighted by atomic mass is 15.4. The van der Waals surface area contributed by atoms with E-state index in [-0.39, 0.29) is 0 Å². The number of nitrogens with zero attached hydrogens (tertiary/aromatic N) is 15. The van der Waals surface area contributed by atoms with Crippen molar-refractivity contribution >= 4 is 0 Å². The molecule has 0 aliphatic heterocycles. The lowest BCUT2D eigenvalue weighted by atomic mass is 10.0. The molecule has 0 aromatic carbocycles. The van der Waals surface area contributed by atoms with Crippen LogP contribution in [-0.2, 0) is 64.8 Å². The zero-order valence-corrected chi connectivity index (χ0v) is 69.0. The lowest BCUT2D eigenvalue weighted by Crippen LogP contribution is -2.07. The van der Waals surface area contributed by atoms with E-state index >= 15 is 0 Å². The third kappa shape index (κ3) is 55.9. The SMILES string of the molecule is CC(C)CCCCCCCc1cnnn1CCC(C)C.CC(C)CCCCCCCc1cnnn1CCC(C)C.CC(C)CCCCCCc1cnnn1CCCC(C)C.CC(C)CCCCCCc1cnnn1CCCC(C)C.CC(C)CCCCCCn1cc(CCC(C)C)nn1. The van der Waals surface area contributed by atoms with Gasteiger partial charge in [-0.25, -0.2) is 18.7 Å². The maximum absolute atomic E-state index is 4.24. The summed E-state index contributed by atoms with van der Waals surface area (Å²) in [6.45, 7) is 50.8. The fourth-order valence-corrected chi connectivity index (χ4v) is 12.1. The Morgan fingerprint density at radius 1 is 0.222 bits per heavy atom. The van der Waals surface area contributed by atoms with Gasteiger partial charge in [0, 0.05) is 38.9 Å². The minimum atomic E-state index is 0.730. The Kier molecular flexibility index (Phi) is 57.3. The van der Waals surface area contributed by atoms with Gasteiger partial charge in [-0.3, -0.25) is 4.68 Å². The second-order valence-electron chi connectivity index (χ2n) is 33.8. The van der Waals surface area contributed by atoms with Gasteiger partial charge in [0.05, 0.1) is 53.3 Å². The molecule has 15 heteroatoms. The monoisotopic (exact) mass is 1380 g/mol. The third-order valence-electron chi connectivity index (χ3n) is 18.8. The van der Waals surface area contributed by atoms with Crippen LogP contribution in [0.4, 0.5) is 0 Å². The summed E-state index contributed by atoms with van der Waals surface area (Å²) in [6, 6.07) is 0. The first kappa shape index (κ1) is 92.7. The van der Waals surface area contributed by atoms with Crippen molar-refractivity contribution in [3.63, 3.8) is 0 Å². The van der Waals surface area contributed by atoms with Crippen LogP contribution in [0, 0.1) is 59.2 Å². The minimum absolute atomic E-state index is 0.730. The molecule has 0 aliphatic rings.